The molecule has 0 aromatic carbocycles. The molecule has 0 aromatic rings. The number of carboxylic acid groups (broad SMARTS) is 2. The van der Waals surface area contributed by atoms with Crippen LogP contribution in [0.5, 0.6) is 0 Å². The third kappa shape index (κ3) is 6.32. The van der Waals surface area contributed by atoms with Crippen LogP contribution in [0.4, 0.5) is 4.79 Å². The quantitative estimate of drug-likeness (QED) is 0.806. The van der Waals surface area contributed by atoms with E-state index in [-0.39, 0.29) is 18.8 Å². The van der Waals surface area contributed by atoms with Gasteiger partial charge in [-0.3, -0.25) is 9.59 Å². The van der Waals surface area contributed by atoms with Crippen LogP contribution >= 0.6 is 0 Å². The van der Waals surface area contributed by atoms with E-state index in [4.69, 9.17) is 14.9 Å². The highest BCUT2D eigenvalue weighted by molar-refractivity contribution is 5.71. The molecule has 1 atom stereocenters. The number of aliphatic carboxylic acids is 2. The third-order valence-electron chi connectivity index (χ3n) is 3.65. The Balaban J connectivity index is 2.71. The lowest BCUT2D eigenvalue weighted by Crippen LogP contribution is -2.45. The number of carbonyl (C=O) groups excluding carboxylic acids is 1. The third-order valence-corrected chi connectivity index (χ3v) is 3.65. The molecule has 22 heavy (non-hydrogen) atoms. The minimum Gasteiger partial charge on any atom is -0.481 e. The molecule has 1 rings (SSSR count). The second kappa shape index (κ2) is 7.47. The van der Waals surface area contributed by atoms with Crippen molar-refractivity contribution in [3.8, 4) is 0 Å². The zero-order chi connectivity index (χ0) is 16.9. The van der Waals surface area contributed by atoms with Crippen LogP contribution in [-0.2, 0) is 14.3 Å². The first kappa shape index (κ1) is 18.3. The Bertz CT molecular complexity index is 412. The van der Waals surface area contributed by atoms with Gasteiger partial charge in [0.25, 0.3) is 0 Å². The molecule has 126 valence electrons. The van der Waals surface area contributed by atoms with Crippen LogP contribution in [0.2, 0.25) is 0 Å². The van der Waals surface area contributed by atoms with E-state index in [0.717, 1.165) is 12.8 Å². The van der Waals surface area contributed by atoms with E-state index in [1.807, 2.05) is 0 Å². The zero-order valence-corrected chi connectivity index (χ0v) is 13.4. The minimum absolute atomic E-state index is 0.131. The summed E-state index contributed by atoms with van der Waals surface area (Å²) in [5.74, 6) is -2.63. The molecule has 1 aliphatic rings. The lowest BCUT2D eigenvalue weighted by atomic mass is 9.81. The highest BCUT2D eigenvalue weighted by atomic mass is 16.6. The standard InChI is InChI=1S/C15H25NO6/c1-15(2,3)22-14(21)16-6-4-5-10(9-16)11(7-12(17)18)8-13(19)20/h10-11H,4-9H2,1-3H3,(H,17,18)(H,19,20). The van der Waals surface area contributed by atoms with Crippen LogP contribution in [0.3, 0.4) is 0 Å². The molecule has 1 heterocycles. The summed E-state index contributed by atoms with van der Waals surface area (Å²) in [5, 5.41) is 17.9. The Morgan fingerprint density at radius 3 is 2.18 bits per heavy atom. The number of carboxylic acids is 2. The molecule has 0 bridgehead atoms. The molecule has 0 radical (unpaired) electrons. The highest BCUT2D eigenvalue weighted by Crippen LogP contribution is 2.29. The second-order valence-corrected chi connectivity index (χ2v) is 6.78. The first-order chi connectivity index (χ1) is 10.1. The number of ether oxygens (including phenoxy) is 1. The maximum atomic E-state index is 12.1. The Morgan fingerprint density at radius 2 is 1.73 bits per heavy atom. The average molecular weight is 315 g/mol. The zero-order valence-electron chi connectivity index (χ0n) is 13.4. The molecule has 0 aliphatic carbocycles. The molecule has 1 aliphatic heterocycles. The fourth-order valence-corrected chi connectivity index (χ4v) is 2.74. The summed E-state index contributed by atoms with van der Waals surface area (Å²) in [4.78, 5) is 35.5. The summed E-state index contributed by atoms with van der Waals surface area (Å²) in [6.45, 7) is 6.25. The van der Waals surface area contributed by atoms with Crippen molar-refractivity contribution < 1.29 is 29.3 Å². The van der Waals surface area contributed by atoms with Crippen molar-refractivity contribution in [1.29, 1.82) is 0 Å². The van der Waals surface area contributed by atoms with Gasteiger partial charge in [-0.25, -0.2) is 4.79 Å². The normalized spacial score (nSPS) is 19.1. The van der Waals surface area contributed by atoms with Crippen molar-refractivity contribution in [1.82, 2.24) is 4.90 Å². The minimum atomic E-state index is -1.01. The maximum absolute atomic E-state index is 12.1. The van der Waals surface area contributed by atoms with Crippen molar-refractivity contribution in [2.24, 2.45) is 11.8 Å². The topological polar surface area (TPSA) is 104 Å². The van der Waals surface area contributed by atoms with E-state index < -0.39 is 29.6 Å². The highest BCUT2D eigenvalue weighted by Gasteiger charge is 2.33. The van der Waals surface area contributed by atoms with Gasteiger partial charge in [0, 0.05) is 25.9 Å². The summed E-state index contributed by atoms with van der Waals surface area (Å²) in [5.41, 5.74) is -0.592. The van der Waals surface area contributed by atoms with E-state index in [1.54, 1.807) is 25.7 Å². The van der Waals surface area contributed by atoms with Gasteiger partial charge in [-0.1, -0.05) is 0 Å². The van der Waals surface area contributed by atoms with Crippen molar-refractivity contribution in [2.45, 2.75) is 52.1 Å². The van der Waals surface area contributed by atoms with Crippen molar-refractivity contribution >= 4 is 18.0 Å². The Labute approximate surface area is 130 Å². The number of rotatable bonds is 5. The van der Waals surface area contributed by atoms with Gasteiger partial charge in [-0.15, -0.1) is 0 Å². The monoisotopic (exact) mass is 315 g/mol. The Kier molecular flexibility index (Phi) is 6.20. The van der Waals surface area contributed by atoms with Gasteiger partial charge in [0.1, 0.15) is 5.60 Å². The Morgan fingerprint density at radius 1 is 1.18 bits per heavy atom. The maximum Gasteiger partial charge on any atom is 0.410 e. The van der Waals surface area contributed by atoms with Gasteiger partial charge >= 0.3 is 18.0 Å². The van der Waals surface area contributed by atoms with Crippen LogP contribution in [0.15, 0.2) is 0 Å². The fourth-order valence-electron chi connectivity index (χ4n) is 2.74. The predicted octanol–water partition coefficient (Wildman–Crippen LogP) is 2.20. The van der Waals surface area contributed by atoms with E-state index in [2.05, 4.69) is 0 Å². The van der Waals surface area contributed by atoms with Crippen molar-refractivity contribution in [2.75, 3.05) is 13.1 Å². The van der Waals surface area contributed by atoms with Crippen LogP contribution in [-0.4, -0.2) is 51.8 Å². The van der Waals surface area contributed by atoms with Crippen molar-refractivity contribution in [3.63, 3.8) is 0 Å². The average Bonchev–Trinajstić information content (AvgIpc) is 2.35. The van der Waals surface area contributed by atoms with Crippen LogP contribution in [0.1, 0.15) is 46.5 Å². The molecule has 0 aromatic heterocycles. The van der Waals surface area contributed by atoms with Gasteiger partial charge in [0.2, 0.25) is 0 Å². The van der Waals surface area contributed by atoms with Gasteiger partial charge in [0.05, 0.1) is 0 Å². The van der Waals surface area contributed by atoms with Crippen molar-refractivity contribution in [3.05, 3.63) is 0 Å². The molecular formula is C15H25NO6. The second-order valence-electron chi connectivity index (χ2n) is 6.78. The number of amides is 1. The SMILES string of the molecule is CC(C)(C)OC(=O)N1CCCC(C(CC(=O)O)CC(=O)O)C1. The van der Waals surface area contributed by atoms with E-state index in [9.17, 15) is 14.4 Å². The molecule has 1 amide bonds. The summed E-state index contributed by atoms with van der Waals surface area (Å²) >= 11 is 0. The first-order valence-corrected chi connectivity index (χ1v) is 7.50. The summed E-state index contributed by atoms with van der Waals surface area (Å²) in [7, 11) is 0. The summed E-state index contributed by atoms with van der Waals surface area (Å²) in [6, 6.07) is 0. The van der Waals surface area contributed by atoms with E-state index >= 15 is 0 Å². The lowest BCUT2D eigenvalue weighted by Gasteiger charge is -2.36. The van der Waals surface area contributed by atoms with E-state index in [1.165, 1.54) is 0 Å². The Hall–Kier alpha value is -1.79. The van der Waals surface area contributed by atoms with Gasteiger partial charge in [-0.2, -0.15) is 0 Å². The fraction of sp³-hybridized carbons (Fsp3) is 0.800. The smallest absolute Gasteiger partial charge is 0.410 e. The summed E-state index contributed by atoms with van der Waals surface area (Å²) in [6.07, 6.45) is 0.629. The molecule has 1 saturated heterocycles. The molecule has 7 nitrogen and oxygen atoms in total. The molecule has 0 saturated carbocycles. The van der Waals surface area contributed by atoms with Crippen LogP contribution in [0, 0.1) is 11.8 Å². The summed E-state index contributed by atoms with van der Waals surface area (Å²) < 4.78 is 5.32. The van der Waals surface area contributed by atoms with Crippen LogP contribution in [0.25, 0.3) is 0 Å². The van der Waals surface area contributed by atoms with Crippen LogP contribution < -0.4 is 0 Å². The largest absolute Gasteiger partial charge is 0.481 e. The van der Waals surface area contributed by atoms with E-state index in [0.29, 0.717) is 13.1 Å². The van der Waals surface area contributed by atoms with Gasteiger partial charge in [-0.05, 0) is 45.4 Å². The molecule has 1 fully saturated rings. The molecule has 2 N–H and O–H groups in total. The molecular weight excluding hydrogens is 290 g/mol. The number of nitrogens with zero attached hydrogens (tertiary/aromatic N) is 1. The predicted molar refractivity (Wildman–Crippen MR) is 78.5 cm³/mol. The van der Waals surface area contributed by atoms with Gasteiger partial charge in [0.15, 0.2) is 0 Å². The number of carbonyl (C=O) groups is 3. The number of piperidine rings is 1. The number of hydrogen-bond acceptors (Lipinski definition) is 4. The number of hydrogen-bond donors (Lipinski definition) is 2. The molecule has 1 unspecified atom stereocenters. The van der Waals surface area contributed by atoms with Gasteiger partial charge < -0.3 is 19.8 Å². The first-order valence-electron chi connectivity index (χ1n) is 7.50. The molecule has 0 spiro atoms. The molecule has 7 heteroatoms. The number of likely N-dealkylation sites (tertiary alicyclic amines) is 1. The lowest BCUT2D eigenvalue weighted by molar-refractivity contribution is -0.141.